The van der Waals surface area contributed by atoms with Crippen LogP contribution < -0.4 is 0 Å². The molecule has 0 bridgehead atoms. The summed E-state index contributed by atoms with van der Waals surface area (Å²) < 4.78 is 9.81. The molecule has 348 valence electrons. The molecule has 0 amide bonds. The molecule has 0 spiro atoms. The summed E-state index contributed by atoms with van der Waals surface area (Å²) in [5.41, 5.74) is 2.22. The number of rotatable bonds is 30. The topological polar surface area (TPSA) is 141 Å². The fourth-order valence-corrected chi connectivity index (χ4v) is 6.87. The predicted molar refractivity (Wildman–Crippen MR) is 241 cm³/mol. The van der Waals surface area contributed by atoms with E-state index in [1.807, 2.05) is 24.3 Å². The molecule has 11 heteroatoms. The van der Waals surface area contributed by atoms with Crippen molar-refractivity contribution in [3.8, 4) is 0 Å². The predicted octanol–water partition coefficient (Wildman–Crippen LogP) is 13.7. The molecular weight excluding hydrogens is 789 g/mol. The van der Waals surface area contributed by atoms with Gasteiger partial charge in [0.1, 0.15) is 0 Å². The van der Waals surface area contributed by atoms with Gasteiger partial charge in [0.25, 0.3) is 0 Å². The molecule has 0 heterocycles. The van der Waals surface area contributed by atoms with Gasteiger partial charge >= 0.3 is 30.0 Å². The van der Waals surface area contributed by atoms with E-state index in [0.717, 1.165) is 62.5 Å². The van der Waals surface area contributed by atoms with Gasteiger partial charge in [0, 0.05) is 0 Å². The lowest BCUT2D eigenvalue weighted by atomic mass is 9.87. The van der Waals surface area contributed by atoms with Crippen LogP contribution in [0.15, 0.2) is 48.5 Å². The van der Waals surface area contributed by atoms with E-state index in [4.69, 9.17) is 29.0 Å². The van der Waals surface area contributed by atoms with E-state index >= 15 is 0 Å². The summed E-state index contributed by atoms with van der Waals surface area (Å²) in [5.74, 6) is -4.02. The van der Waals surface area contributed by atoms with Gasteiger partial charge < -0.3 is 9.47 Å². The third-order valence-electron chi connectivity index (χ3n) is 11.0. The van der Waals surface area contributed by atoms with Gasteiger partial charge in [-0.2, -0.15) is 9.78 Å². The molecule has 62 heavy (non-hydrogen) atoms. The lowest BCUT2D eigenvalue weighted by Gasteiger charge is -2.19. The first-order valence-corrected chi connectivity index (χ1v) is 23.5. The number of carbonyl (C=O) groups excluding carboxylic acids is 5. The lowest BCUT2D eigenvalue weighted by Crippen LogP contribution is -2.34. The Morgan fingerprint density at radius 2 is 0.694 bits per heavy atom. The number of esters is 2. The van der Waals surface area contributed by atoms with Crippen LogP contribution in [0.3, 0.4) is 0 Å². The van der Waals surface area contributed by atoms with Crippen molar-refractivity contribution in [3.63, 3.8) is 0 Å². The molecule has 0 aliphatic rings. The highest BCUT2D eigenvalue weighted by Gasteiger charge is 2.32. The van der Waals surface area contributed by atoms with Crippen LogP contribution in [-0.4, -0.2) is 42.2 Å². The highest BCUT2D eigenvalue weighted by molar-refractivity contribution is 5.92. The maximum atomic E-state index is 13.3. The minimum absolute atomic E-state index is 0.0873. The molecule has 2 aromatic carbocycles. The summed E-state index contributed by atoms with van der Waals surface area (Å²) in [5, 5.41) is 0. The van der Waals surface area contributed by atoms with Crippen molar-refractivity contribution >= 4 is 30.0 Å². The summed E-state index contributed by atoms with van der Waals surface area (Å²) in [6, 6.07) is 13.7. The van der Waals surface area contributed by atoms with E-state index in [1.165, 1.54) is 64.2 Å². The van der Waals surface area contributed by atoms with E-state index in [0.29, 0.717) is 12.8 Å². The van der Waals surface area contributed by atoms with E-state index < -0.39 is 42.2 Å². The minimum Gasteiger partial charge on any atom is -0.358 e. The van der Waals surface area contributed by atoms with E-state index in [1.54, 1.807) is 24.3 Å². The number of ether oxygens (including phenoxy) is 2. The Labute approximate surface area is 372 Å². The number of hydrogen-bond donors (Lipinski definition) is 0. The number of unbranched alkanes of at least 4 members (excludes halogenated alkanes) is 18. The Morgan fingerprint density at radius 1 is 0.419 bits per heavy atom. The van der Waals surface area contributed by atoms with Crippen LogP contribution in [-0.2, 0) is 49.4 Å². The summed E-state index contributed by atoms with van der Waals surface area (Å²) in [6.45, 7) is 16.7. The van der Waals surface area contributed by atoms with Crippen LogP contribution in [0.4, 0.5) is 4.79 Å². The summed E-state index contributed by atoms with van der Waals surface area (Å²) in [4.78, 5) is 86.0. The number of carbonyl (C=O) groups is 5. The molecule has 0 saturated carbocycles. The van der Waals surface area contributed by atoms with Crippen molar-refractivity contribution in [2.24, 2.45) is 0 Å². The first kappa shape index (κ1) is 54.0. The van der Waals surface area contributed by atoms with Crippen LogP contribution in [0, 0.1) is 0 Å². The van der Waals surface area contributed by atoms with Crippen LogP contribution in [0.5, 0.6) is 0 Å². The molecule has 0 aromatic heterocycles. The molecule has 2 aromatic rings. The van der Waals surface area contributed by atoms with Crippen LogP contribution in [0.25, 0.3) is 0 Å². The number of hydrogen-bond acceptors (Lipinski definition) is 11. The van der Waals surface area contributed by atoms with E-state index in [2.05, 4.69) is 55.4 Å². The van der Waals surface area contributed by atoms with Gasteiger partial charge in [-0.05, 0) is 59.1 Å². The normalized spacial score (nSPS) is 12.6. The fraction of sp³-hybridized carbons (Fsp3) is 0.667. The molecule has 2 rings (SSSR count). The first-order chi connectivity index (χ1) is 29.6. The Morgan fingerprint density at radius 3 is 0.968 bits per heavy atom. The first-order valence-electron chi connectivity index (χ1n) is 23.5. The van der Waals surface area contributed by atoms with Crippen molar-refractivity contribution in [2.45, 2.75) is 220 Å². The molecule has 0 fully saturated rings. The van der Waals surface area contributed by atoms with Gasteiger partial charge in [0.15, 0.2) is 0 Å². The zero-order valence-electron chi connectivity index (χ0n) is 39.3. The van der Waals surface area contributed by atoms with Gasteiger partial charge in [-0.1, -0.05) is 208 Å². The monoisotopic (exact) mass is 867 g/mol. The van der Waals surface area contributed by atoms with Crippen LogP contribution in [0.2, 0.25) is 0 Å². The molecule has 0 radical (unpaired) electrons. The SMILES string of the molecule is CCCCCCCCCCCCC(OOC(=O)c1ccc(C(C)(C)C)cc1)C(=O)OC(=O)OC(=O)C(CCCCCCCCCCCC)OOC(=O)c1ccc(C(C)(C)C)cc1. The Balaban J connectivity index is 2.05. The van der Waals surface area contributed by atoms with Gasteiger partial charge in [0.05, 0.1) is 11.1 Å². The smallest absolute Gasteiger partial charge is 0.358 e. The zero-order chi connectivity index (χ0) is 45.8. The highest BCUT2D eigenvalue weighted by atomic mass is 17.2. The largest absolute Gasteiger partial charge is 0.524 e. The van der Waals surface area contributed by atoms with Crippen LogP contribution in [0.1, 0.15) is 228 Å². The summed E-state index contributed by atoms with van der Waals surface area (Å²) >= 11 is 0. The van der Waals surface area contributed by atoms with Gasteiger partial charge in [-0.15, -0.1) is 0 Å². The molecule has 2 atom stereocenters. The summed E-state index contributed by atoms with van der Waals surface area (Å²) in [7, 11) is 0. The Kier molecular flexibility index (Phi) is 26.2. The van der Waals surface area contributed by atoms with Crippen molar-refractivity contribution in [2.75, 3.05) is 0 Å². The average molecular weight is 867 g/mol. The summed E-state index contributed by atoms with van der Waals surface area (Å²) in [6.07, 6.45) is 16.7. The molecule has 0 N–H and O–H groups in total. The molecular formula is C51H78O11. The second-order valence-electron chi connectivity index (χ2n) is 18.6. The Bertz CT molecular complexity index is 1470. The quantitative estimate of drug-likeness (QED) is 0.0243. The standard InChI is InChI=1S/C51H78O11/c1-9-11-13-15-17-19-21-23-25-27-29-43(59-61-45(52)39-31-35-41(36-32-39)50(3,4)5)47(54)57-49(56)58-48(55)44(30-28-26-24-22-20-18-16-14-12-10-2)60-62-46(53)40-33-37-42(38-34-40)51(6,7)8/h31-38,43-44H,9-30H2,1-8H3. The molecule has 0 saturated heterocycles. The minimum atomic E-state index is -1.61. The lowest BCUT2D eigenvalue weighted by molar-refractivity contribution is -0.276. The maximum Gasteiger partial charge on any atom is 0.524 e. The second-order valence-corrected chi connectivity index (χ2v) is 18.6. The van der Waals surface area contributed by atoms with Crippen molar-refractivity contribution in [1.29, 1.82) is 0 Å². The third kappa shape index (κ3) is 22.8. The molecule has 0 aliphatic carbocycles. The molecule has 0 aliphatic heterocycles. The van der Waals surface area contributed by atoms with E-state index in [-0.39, 0.29) is 34.8 Å². The van der Waals surface area contributed by atoms with Crippen molar-refractivity contribution in [3.05, 3.63) is 70.8 Å². The zero-order valence-corrected chi connectivity index (χ0v) is 39.3. The fourth-order valence-electron chi connectivity index (χ4n) is 6.87. The van der Waals surface area contributed by atoms with Crippen LogP contribution >= 0.6 is 0 Å². The number of benzene rings is 2. The third-order valence-corrected chi connectivity index (χ3v) is 11.0. The average Bonchev–Trinajstić information content (AvgIpc) is 3.23. The van der Waals surface area contributed by atoms with Crippen molar-refractivity contribution < 1.29 is 53.0 Å². The van der Waals surface area contributed by atoms with Gasteiger partial charge in [0.2, 0.25) is 12.2 Å². The maximum absolute atomic E-state index is 13.3. The van der Waals surface area contributed by atoms with Crippen molar-refractivity contribution in [1.82, 2.24) is 0 Å². The Hall–Kier alpha value is -4.09. The molecule has 2 unspecified atom stereocenters. The second kappa shape index (κ2) is 30.1. The van der Waals surface area contributed by atoms with Gasteiger partial charge in [-0.3, -0.25) is 9.78 Å². The molecule has 11 nitrogen and oxygen atoms in total. The highest BCUT2D eigenvalue weighted by Crippen LogP contribution is 2.24. The van der Waals surface area contributed by atoms with E-state index in [9.17, 15) is 24.0 Å². The van der Waals surface area contributed by atoms with Gasteiger partial charge in [-0.25, -0.2) is 24.0 Å².